The molecular formula is C31H35ClN2O2S. The van der Waals surface area contributed by atoms with Crippen molar-refractivity contribution in [3.63, 3.8) is 0 Å². The Balaban J connectivity index is 1.99. The highest BCUT2D eigenvalue weighted by molar-refractivity contribution is 7.20. The second-order valence-electron chi connectivity index (χ2n) is 11.4. The van der Waals surface area contributed by atoms with Gasteiger partial charge in [-0.1, -0.05) is 65.3 Å². The molecule has 0 amide bonds. The van der Waals surface area contributed by atoms with Gasteiger partial charge < -0.3 is 4.74 Å². The first-order chi connectivity index (χ1) is 17.3. The first-order valence-corrected chi connectivity index (χ1v) is 13.6. The van der Waals surface area contributed by atoms with Gasteiger partial charge in [-0.3, -0.25) is 15.2 Å². The maximum Gasteiger partial charge on any atom is 0.186 e. The lowest BCUT2D eigenvalue weighted by Crippen LogP contribution is -2.29. The van der Waals surface area contributed by atoms with Gasteiger partial charge in [0.25, 0.3) is 0 Å². The summed E-state index contributed by atoms with van der Waals surface area (Å²) in [5.74, 6) is 0.938. The molecule has 1 heterocycles. The number of nitrogens with one attached hydrogen (secondary N) is 1. The first kappa shape index (κ1) is 27.0. The fourth-order valence-electron chi connectivity index (χ4n) is 4.43. The molecule has 1 N–H and O–H groups in total. The summed E-state index contributed by atoms with van der Waals surface area (Å²) in [6.07, 6.45) is 4.12. The van der Waals surface area contributed by atoms with E-state index < -0.39 is 0 Å². The average molecular weight is 535 g/mol. The van der Waals surface area contributed by atoms with Crippen molar-refractivity contribution in [3.8, 4) is 5.75 Å². The molecule has 0 fully saturated rings. The number of anilines is 1. The molecule has 2 aromatic carbocycles. The number of ketones is 1. The summed E-state index contributed by atoms with van der Waals surface area (Å²) < 4.78 is 6.62. The van der Waals surface area contributed by atoms with E-state index in [1.165, 1.54) is 0 Å². The van der Waals surface area contributed by atoms with Crippen LogP contribution in [0.4, 0.5) is 5.69 Å². The van der Waals surface area contributed by atoms with Gasteiger partial charge in [-0.2, -0.15) is 0 Å². The third kappa shape index (κ3) is 5.63. The minimum atomic E-state index is -0.305. The van der Waals surface area contributed by atoms with Crippen molar-refractivity contribution in [2.75, 3.05) is 19.6 Å². The Hall–Kier alpha value is -3.02. The molecule has 0 aliphatic heterocycles. The van der Waals surface area contributed by atoms with Crippen molar-refractivity contribution in [1.82, 2.24) is 5.01 Å². The smallest absolute Gasteiger partial charge is 0.186 e. The third-order valence-corrected chi connectivity index (χ3v) is 7.89. The van der Waals surface area contributed by atoms with Crippen molar-refractivity contribution >= 4 is 50.2 Å². The zero-order chi connectivity index (χ0) is 27.1. The van der Waals surface area contributed by atoms with Crippen LogP contribution < -0.4 is 10.2 Å². The van der Waals surface area contributed by atoms with Gasteiger partial charge >= 0.3 is 0 Å². The second kappa shape index (κ2) is 10.0. The lowest BCUT2D eigenvalue weighted by Gasteiger charge is -2.33. The molecule has 0 saturated carbocycles. The molecule has 1 aliphatic carbocycles. The SMILES string of the molecule is COc1ccc2sc(C(=C3C=C(C(C)(C)C)C(=O)C(C(C)(C)C)=C3)N(C)Nc3ccccc3Cl)cc2c1. The van der Waals surface area contributed by atoms with E-state index in [4.69, 9.17) is 16.3 Å². The van der Waals surface area contributed by atoms with E-state index in [1.54, 1.807) is 18.4 Å². The predicted octanol–water partition coefficient (Wildman–Crippen LogP) is 8.76. The van der Waals surface area contributed by atoms with E-state index in [1.807, 2.05) is 42.4 Å². The largest absolute Gasteiger partial charge is 0.497 e. The number of carbonyl (C=O) groups is 1. The zero-order valence-corrected chi connectivity index (χ0v) is 24.4. The van der Waals surface area contributed by atoms with Crippen molar-refractivity contribution < 1.29 is 9.53 Å². The number of thiophene rings is 1. The van der Waals surface area contributed by atoms with Gasteiger partial charge in [0.15, 0.2) is 5.78 Å². The maximum absolute atomic E-state index is 13.6. The zero-order valence-electron chi connectivity index (χ0n) is 22.8. The maximum atomic E-state index is 13.6. The summed E-state index contributed by atoms with van der Waals surface area (Å²) in [6.45, 7) is 12.6. The topological polar surface area (TPSA) is 41.6 Å². The van der Waals surface area contributed by atoms with Gasteiger partial charge in [0.05, 0.1) is 28.4 Å². The lowest BCUT2D eigenvalue weighted by molar-refractivity contribution is -0.114. The monoisotopic (exact) mass is 534 g/mol. The first-order valence-electron chi connectivity index (χ1n) is 12.4. The number of allylic oxidation sites excluding steroid dienone is 5. The number of para-hydroxylation sites is 1. The molecule has 0 atom stereocenters. The minimum absolute atomic E-state index is 0.117. The number of nitrogens with zero attached hydrogens (tertiary/aromatic N) is 1. The number of ether oxygens (including phenoxy) is 1. The summed E-state index contributed by atoms with van der Waals surface area (Å²) in [4.78, 5) is 14.7. The molecule has 0 spiro atoms. The Morgan fingerprint density at radius 1 is 0.946 bits per heavy atom. The molecule has 6 heteroatoms. The van der Waals surface area contributed by atoms with E-state index in [0.29, 0.717) is 5.02 Å². The van der Waals surface area contributed by atoms with Gasteiger partial charge in [0.1, 0.15) is 5.75 Å². The molecule has 37 heavy (non-hydrogen) atoms. The van der Waals surface area contributed by atoms with Crippen molar-refractivity contribution in [2.24, 2.45) is 10.8 Å². The van der Waals surface area contributed by atoms with Gasteiger partial charge in [-0.05, 0) is 64.8 Å². The number of benzene rings is 2. The summed E-state index contributed by atoms with van der Waals surface area (Å²) in [5, 5.41) is 3.74. The molecule has 1 aromatic heterocycles. The van der Waals surface area contributed by atoms with E-state index in [9.17, 15) is 4.79 Å². The highest BCUT2D eigenvalue weighted by Crippen LogP contribution is 2.43. The molecule has 0 saturated heterocycles. The number of methoxy groups -OCH3 is 1. The summed E-state index contributed by atoms with van der Waals surface area (Å²) >= 11 is 8.21. The standard InChI is InChI=1S/C31H35ClN2O2S/c1-30(2,3)22-16-20(17-23(29(22)35)31(4,5)6)28(34(7)33-25-12-10-9-11-24(25)32)27-18-19-15-21(36-8)13-14-26(19)37-27/h9-18,33H,1-8H3. The van der Waals surface area contributed by atoms with E-state index in [-0.39, 0.29) is 16.6 Å². The van der Waals surface area contributed by atoms with Crippen LogP contribution in [-0.2, 0) is 4.79 Å². The highest BCUT2D eigenvalue weighted by atomic mass is 35.5. The van der Waals surface area contributed by atoms with E-state index >= 15 is 0 Å². The van der Waals surface area contributed by atoms with E-state index in [0.717, 1.165) is 48.8 Å². The van der Waals surface area contributed by atoms with Crippen LogP contribution in [0.15, 0.2) is 77.4 Å². The molecule has 194 valence electrons. The second-order valence-corrected chi connectivity index (χ2v) is 12.9. The molecule has 0 bridgehead atoms. The van der Waals surface area contributed by atoms with Crippen LogP contribution >= 0.6 is 22.9 Å². The van der Waals surface area contributed by atoms with Crippen LogP contribution in [0, 0.1) is 10.8 Å². The summed E-state index contributed by atoms with van der Waals surface area (Å²) in [6, 6.07) is 16.0. The number of rotatable bonds is 5. The Morgan fingerprint density at radius 3 is 2.14 bits per heavy atom. The Labute approximate surface area is 229 Å². The molecule has 0 unspecified atom stereocenters. The lowest BCUT2D eigenvalue weighted by atomic mass is 9.71. The van der Waals surface area contributed by atoms with Crippen molar-refractivity contribution in [1.29, 1.82) is 0 Å². The number of fused-ring (bicyclic) bond motifs is 1. The number of Topliss-reactive ketones (excluding diaryl/α,β-unsaturated/α-hetero) is 1. The van der Waals surface area contributed by atoms with Crippen LogP contribution in [0.25, 0.3) is 15.8 Å². The summed E-state index contributed by atoms with van der Waals surface area (Å²) in [5.41, 5.74) is 7.23. The molecule has 4 nitrogen and oxygen atoms in total. The third-order valence-electron chi connectivity index (χ3n) is 6.43. The number of hydrogen-bond acceptors (Lipinski definition) is 5. The molecular weight excluding hydrogens is 500 g/mol. The normalized spacial score (nSPS) is 14.4. The quantitative estimate of drug-likeness (QED) is 0.332. The van der Waals surface area contributed by atoms with Crippen LogP contribution in [0.5, 0.6) is 5.75 Å². The van der Waals surface area contributed by atoms with Crippen LogP contribution in [0.3, 0.4) is 0 Å². The number of carbonyl (C=O) groups excluding carboxylic acids is 1. The Morgan fingerprint density at radius 2 is 1.57 bits per heavy atom. The fourth-order valence-corrected chi connectivity index (χ4v) is 5.76. The van der Waals surface area contributed by atoms with Crippen molar-refractivity contribution in [3.05, 3.63) is 87.3 Å². The van der Waals surface area contributed by atoms with Gasteiger partial charge in [0, 0.05) is 28.5 Å². The number of hydrazine groups is 1. The van der Waals surface area contributed by atoms with Crippen LogP contribution in [-0.4, -0.2) is 24.9 Å². The Kier molecular flexibility index (Phi) is 7.33. The average Bonchev–Trinajstić information content (AvgIpc) is 3.22. The number of hydrogen-bond donors (Lipinski definition) is 1. The molecule has 4 rings (SSSR count). The van der Waals surface area contributed by atoms with Gasteiger partial charge in [-0.25, -0.2) is 0 Å². The molecule has 0 radical (unpaired) electrons. The van der Waals surface area contributed by atoms with E-state index in [2.05, 4.69) is 77.3 Å². The molecule has 1 aliphatic rings. The van der Waals surface area contributed by atoms with Gasteiger partial charge in [-0.15, -0.1) is 11.3 Å². The fraction of sp³-hybridized carbons (Fsp3) is 0.323. The van der Waals surface area contributed by atoms with Gasteiger partial charge in [0.2, 0.25) is 0 Å². The van der Waals surface area contributed by atoms with Crippen molar-refractivity contribution in [2.45, 2.75) is 41.5 Å². The van der Waals surface area contributed by atoms with Crippen LogP contribution in [0.2, 0.25) is 5.02 Å². The highest BCUT2D eigenvalue weighted by Gasteiger charge is 2.35. The minimum Gasteiger partial charge on any atom is -0.497 e. The molecule has 3 aromatic rings. The summed E-state index contributed by atoms with van der Waals surface area (Å²) in [7, 11) is 3.67. The number of halogens is 1. The Bertz CT molecular complexity index is 1410. The van der Waals surface area contributed by atoms with Crippen LogP contribution in [0.1, 0.15) is 46.4 Å². The predicted molar refractivity (Wildman–Crippen MR) is 158 cm³/mol.